The van der Waals surface area contributed by atoms with E-state index in [0.717, 1.165) is 11.8 Å². The van der Waals surface area contributed by atoms with E-state index >= 15 is 0 Å². The molecule has 1 aliphatic heterocycles. The lowest BCUT2D eigenvalue weighted by molar-refractivity contribution is -0.118. The van der Waals surface area contributed by atoms with E-state index < -0.39 is 27.2 Å². The van der Waals surface area contributed by atoms with Gasteiger partial charge in [0, 0.05) is 12.8 Å². The lowest BCUT2D eigenvalue weighted by Gasteiger charge is -2.16. The average molecular weight is 325 g/mol. The van der Waals surface area contributed by atoms with Crippen molar-refractivity contribution in [3.8, 4) is 5.75 Å². The van der Waals surface area contributed by atoms with Gasteiger partial charge in [0.25, 0.3) is 5.91 Å². The normalized spacial score (nSPS) is 18.1. The lowest BCUT2D eigenvalue weighted by atomic mass is 10.1. The number of imide groups is 1. The van der Waals surface area contributed by atoms with Gasteiger partial charge in [-0.1, -0.05) is 12.1 Å². The molecule has 0 aromatic heterocycles. The number of ether oxygens (including phenoxy) is 1. The summed E-state index contributed by atoms with van der Waals surface area (Å²) >= 11 is 0. The van der Waals surface area contributed by atoms with Gasteiger partial charge in [-0.25, -0.2) is 22.9 Å². The number of carbonyl (C=O) groups is 2. The second-order valence-corrected chi connectivity index (χ2v) is 6.42. The summed E-state index contributed by atoms with van der Waals surface area (Å²) in [4.78, 5) is 25.6. The van der Waals surface area contributed by atoms with Crippen molar-refractivity contribution in [2.24, 2.45) is 4.99 Å². The van der Waals surface area contributed by atoms with Crippen LogP contribution in [0.3, 0.4) is 0 Å². The monoisotopic (exact) mass is 325 g/mol. The Morgan fingerprint density at radius 3 is 2.55 bits per heavy atom. The van der Waals surface area contributed by atoms with Gasteiger partial charge in [0.2, 0.25) is 10.0 Å². The van der Waals surface area contributed by atoms with Crippen LogP contribution in [0.1, 0.15) is 5.56 Å². The summed E-state index contributed by atoms with van der Waals surface area (Å²) in [5, 5.41) is 0.348. The molecule has 9 heteroatoms. The Labute approximate surface area is 127 Å². The number of benzene rings is 1. The van der Waals surface area contributed by atoms with Crippen molar-refractivity contribution in [2.45, 2.75) is 11.7 Å². The fourth-order valence-corrected chi connectivity index (χ4v) is 2.98. The van der Waals surface area contributed by atoms with Crippen LogP contribution in [0.15, 0.2) is 29.3 Å². The molecule has 1 aromatic carbocycles. The van der Waals surface area contributed by atoms with Gasteiger partial charge in [-0.15, -0.1) is 0 Å². The molecule has 0 aliphatic carbocycles. The quantitative estimate of drug-likeness (QED) is 0.755. The van der Waals surface area contributed by atoms with Gasteiger partial charge in [-0.2, -0.15) is 0 Å². The molecule has 22 heavy (non-hydrogen) atoms. The lowest BCUT2D eigenvalue weighted by Crippen LogP contribution is -2.50. The Hall–Kier alpha value is -2.26. The van der Waals surface area contributed by atoms with Crippen LogP contribution >= 0.6 is 0 Å². The SMILES string of the molecule is COc1ccc(CCNS(=O)(=O)C2C=NC(=O)NC2=O)cc1. The predicted molar refractivity (Wildman–Crippen MR) is 79.4 cm³/mol. The van der Waals surface area contributed by atoms with Crippen LogP contribution in [0.5, 0.6) is 5.75 Å². The molecule has 1 atom stereocenters. The Morgan fingerprint density at radius 1 is 1.27 bits per heavy atom. The molecule has 0 spiro atoms. The number of urea groups is 1. The van der Waals surface area contributed by atoms with Gasteiger partial charge in [-0.3, -0.25) is 10.1 Å². The molecule has 1 aromatic rings. The van der Waals surface area contributed by atoms with Crippen molar-refractivity contribution in [1.29, 1.82) is 0 Å². The highest BCUT2D eigenvalue weighted by Gasteiger charge is 2.34. The number of methoxy groups -OCH3 is 1. The zero-order valence-corrected chi connectivity index (χ0v) is 12.6. The maximum Gasteiger partial charge on any atom is 0.347 e. The Bertz CT molecular complexity index is 697. The summed E-state index contributed by atoms with van der Waals surface area (Å²) in [7, 11) is -2.37. The zero-order chi connectivity index (χ0) is 16.2. The van der Waals surface area contributed by atoms with Crippen LogP contribution in [0.4, 0.5) is 4.79 Å². The molecular weight excluding hydrogens is 310 g/mol. The van der Waals surface area contributed by atoms with E-state index in [9.17, 15) is 18.0 Å². The van der Waals surface area contributed by atoms with Gasteiger partial charge in [0.1, 0.15) is 5.75 Å². The Morgan fingerprint density at radius 2 is 1.95 bits per heavy atom. The number of carbonyl (C=O) groups excluding carboxylic acids is 2. The molecule has 1 unspecified atom stereocenters. The smallest absolute Gasteiger partial charge is 0.347 e. The molecule has 0 bridgehead atoms. The first kappa shape index (κ1) is 16.1. The maximum atomic E-state index is 12.0. The van der Waals surface area contributed by atoms with E-state index in [1.54, 1.807) is 19.2 Å². The number of amides is 3. The van der Waals surface area contributed by atoms with Crippen molar-refractivity contribution >= 4 is 28.2 Å². The van der Waals surface area contributed by atoms with Crippen LogP contribution < -0.4 is 14.8 Å². The second-order valence-electron chi connectivity index (χ2n) is 4.53. The molecule has 0 saturated carbocycles. The topological polar surface area (TPSA) is 114 Å². The van der Waals surface area contributed by atoms with Crippen molar-refractivity contribution in [3.05, 3.63) is 29.8 Å². The summed E-state index contributed by atoms with van der Waals surface area (Å²) in [5.41, 5.74) is 0.917. The number of sulfonamides is 1. The molecule has 1 aliphatic rings. The average Bonchev–Trinajstić information content (AvgIpc) is 2.47. The minimum Gasteiger partial charge on any atom is -0.497 e. The number of nitrogens with one attached hydrogen (secondary N) is 2. The fraction of sp³-hybridized carbons (Fsp3) is 0.308. The highest BCUT2D eigenvalue weighted by molar-refractivity contribution is 7.91. The van der Waals surface area contributed by atoms with Crippen LogP contribution in [-0.2, 0) is 21.2 Å². The molecule has 8 nitrogen and oxygen atoms in total. The first-order valence-electron chi connectivity index (χ1n) is 6.43. The third-order valence-electron chi connectivity index (χ3n) is 3.03. The molecule has 2 rings (SSSR count). The summed E-state index contributed by atoms with van der Waals surface area (Å²) in [6.07, 6.45) is 1.28. The number of aliphatic imine (C=N–C) groups is 1. The minimum atomic E-state index is -3.93. The number of nitrogens with zero attached hydrogens (tertiary/aromatic N) is 1. The molecule has 2 N–H and O–H groups in total. The molecule has 118 valence electrons. The maximum absolute atomic E-state index is 12.0. The zero-order valence-electron chi connectivity index (χ0n) is 11.8. The highest BCUT2D eigenvalue weighted by Crippen LogP contribution is 2.11. The van der Waals surface area contributed by atoms with Crippen LogP contribution in [-0.4, -0.2) is 45.5 Å². The van der Waals surface area contributed by atoms with Crippen molar-refractivity contribution in [1.82, 2.24) is 10.0 Å². The van der Waals surface area contributed by atoms with Gasteiger partial charge < -0.3 is 4.74 Å². The van der Waals surface area contributed by atoms with Gasteiger partial charge in [-0.05, 0) is 24.1 Å². The summed E-state index contributed by atoms with van der Waals surface area (Å²) < 4.78 is 31.4. The first-order valence-corrected chi connectivity index (χ1v) is 7.97. The molecule has 3 amide bonds. The van der Waals surface area contributed by atoms with E-state index in [4.69, 9.17) is 4.74 Å². The van der Waals surface area contributed by atoms with Crippen LogP contribution in [0, 0.1) is 0 Å². The standard InChI is InChI=1S/C13H15N3O5S/c1-21-10-4-2-9(3-5-10)6-7-15-22(19,20)11-8-14-13(18)16-12(11)17/h2-5,8,11,15H,6-7H2,1H3,(H,16,17,18). The van der Waals surface area contributed by atoms with E-state index in [-0.39, 0.29) is 6.54 Å². The number of rotatable bonds is 6. The fourth-order valence-electron chi connectivity index (χ4n) is 1.85. The largest absolute Gasteiger partial charge is 0.497 e. The summed E-state index contributed by atoms with van der Waals surface area (Å²) in [6.45, 7) is 0.125. The van der Waals surface area contributed by atoms with Crippen molar-refractivity contribution in [3.63, 3.8) is 0 Å². The minimum absolute atomic E-state index is 0.125. The third kappa shape index (κ3) is 3.89. The molecule has 0 fully saturated rings. The van der Waals surface area contributed by atoms with Crippen LogP contribution in [0.25, 0.3) is 0 Å². The van der Waals surface area contributed by atoms with E-state index in [0.29, 0.717) is 12.2 Å². The summed E-state index contributed by atoms with van der Waals surface area (Å²) in [5.74, 6) is -0.193. The highest BCUT2D eigenvalue weighted by atomic mass is 32.2. The summed E-state index contributed by atoms with van der Waals surface area (Å²) in [6, 6.07) is 6.32. The number of hydrogen-bond donors (Lipinski definition) is 2. The molecule has 0 radical (unpaired) electrons. The number of hydrogen-bond acceptors (Lipinski definition) is 5. The Balaban J connectivity index is 1.93. The van der Waals surface area contributed by atoms with Gasteiger partial charge in [0.05, 0.1) is 7.11 Å². The molecule has 0 saturated heterocycles. The predicted octanol–water partition coefficient (Wildman–Crippen LogP) is -0.154. The molecule has 1 heterocycles. The van der Waals surface area contributed by atoms with E-state index in [1.165, 1.54) is 0 Å². The Kier molecular flexibility index (Phi) is 4.88. The van der Waals surface area contributed by atoms with Crippen molar-refractivity contribution < 1.29 is 22.7 Å². The van der Waals surface area contributed by atoms with E-state index in [2.05, 4.69) is 9.71 Å². The van der Waals surface area contributed by atoms with Crippen LogP contribution in [0.2, 0.25) is 0 Å². The third-order valence-corrected chi connectivity index (χ3v) is 4.64. The molecular formula is C13H15N3O5S. The van der Waals surface area contributed by atoms with E-state index in [1.807, 2.05) is 17.4 Å². The van der Waals surface area contributed by atoms with Gasteiger partial charge >= 0.3 is 6.03 Å². The van der Waals surface area contributed by atoms with Gasteiger partial charge in [0.15, 0.2) is 5.25 Å². The second kappa shape index (κ2) is 6.67. The first-order chi connectivity index (χ1) is 10.4. The van der Waals surface area contributed by atoms with Crippen molar-refractivity contribution in [2.75, 3.05) is 13.7 Å².